The number of carbonyl (C=O) groups excluding carboxylic acids is 1. The molecular weight excluding hydrogens is 282 g/mol. The molecule has 1 saturated carbocycles. The van der Waals surface area contributed by atoms with Crippen LogP contribution in [-0.4, -0.2) is 28.6 Å². The zero-order chi connectivity index (χ0) is 13.9. The summed E-state index contributed by atoms with van der Waals surface area (Å²) < 4.78 is 0.191. The smallest absolute Gasteiger partial charge is 0.251 e. The number of hydrogen-bond acceptors (Lipinski definition) is 3. The maximum Gasteiger partial charge on any atom is 0.251 e. The summed E-state index contributed by atoms with van der Waals surface area (Å²) in [5.74, 6) is -0.142. The third-order valence-electron chi connectivity index (χ3n) is 3.73. The third-order valence-corrected chi connectivity index (χ3v) is 5.45. The predicted molar refractivity (Wildman–Crippen MR) is 80.2 cm³/mol. The standard InChI is InChI=1S/C14H18ClNO2S/c1-19-14(6-2-3-7-14)9-16-13(18)10-4-5-12(17)11(15)8-10/h4-5,8,17H,2-3,6-7,9H2,1H3,(H,16,18). The lowest BCUT2D eigenvalue weighted by Gasteiger charge is -2.26. The highest BCUT2D eigenvalue weighted by Crippen LogP contribution is 2.39. The lowest BCUT2D eigenvalue weighted by atomic mass is 10.1. The van der Waals surface area contributed by atoms with Gasteiger partial charge in [0.25, 0.3) is 5.91 Å². The maximum atomic E-state index is 12.1. The van der Waals surface area contributed by atoms with Gasteiger partial charge in [-0.3, -0.25) is 4.79 Å². The van der Waals surface area contributed by atoms with E-state index in [4.69, 9.17) is 11.6 Å². The van der Waals surface area contributed by atoms with Gasteiger partial charge in [-0.1, -0.05) is 24.4 Å². The Bertz CT molecular complexity index is 473. The van der Waals surface area contributed by atoms with Crippen molar-refractivity contribution in [2.45, 2.75) is 30.4 Å². The van der Waals surface area contributed by atoms with Crippen LogP contribution >= 0.6 is 23.4 Å². The molecule has 0 aromatic heterocycles. The summed E-state index contributed by atoms with van der Waals surface area (Å²) in [5, 5.41) is 12.5. The average molecular weight is 300 g/mol. The number of thioether (sulfide) groups is 1. The van der Waals surface area contributed by atoms with Crippen molar-refractivity contribution in [2.75, 3.05) is 12.8 Å². The molecule has 0 atom stereocenters. The van der Waals surface area contributed by atoms with Gasteiger partial charge in [0, 0.05) is 16.9 Å². The van der Waals surface area contributed by atoms with Gasteiger partial charge < -0.3 is 10.4 Å². The minimum absolute atomic E-state index is 0.00501. The monoisotopic (exact) mass is 299 g/mol. The molecule has 0 bridgehead atoms. The molecule has 1 aliphatic rings. The quantitative estimate of drug-likeness (QED) is 0.895. The number of halogens is 1. The molecule has 3 nitrogen and oxygen atoms in total. The Kier molecular flexibility index (Phi) is 4.63. The topological polar surface area (TPSA) is 49.3 Å². The van der Waals surface area contributed by atoms with E-state index >= 15 is 0 Å². The number of phenols is 1. The first-order valence-corrected chi connectivity index (χ1v) is 7.98. The van der Waals surface area contributed by atoms with Crippen molar-refractivity contribution in [1.29, 1.82) is 0 Å². The van der Waals surface area contributed by atoms with Gasteiger partial charge in [-0.15, -0.1) is 0 Å². The highest BCUT2D eigenvalue weighted by molar-refractivity contribution is 8.00. The van der Waals surface area contributed by atoms with Gasteiger partial charge in [0.1, 0.15) is 5.75 Å². The number of amides is 1. The first-order chi connectivity index (χ1) is 9.06. The van der Waals surface area contributed by atoms with Gasteiger partial charge in [0.05, 0.1) is 5.02 Å². The van der Waals surface area contributed by atoms with Crippen LogP contribution in [0.4, 0.5) is 0 Å². The Labute approximate surface area is 122 Å². The average Bonchev–Trinajstić information content (AvgIpc) is 2.89. The summed E-state index contributed by atoms with van der Waals surface area (Å²) in [6.07, 6.45) is 6.90. The largest absolute Gasteiger partial charge is 0.506 e. The summed E-state index contributed by atoms with van der Waals surface area (Å²) >= 11 is 7.65. The molecule has 1 aromatic carbocycles. The zero-order valence-electron chi connectivity index (χ0n) is 10.9. The van der Waals surface area contributed by atoms with E-state index in [2.05, 4.69) is 11.6 Å². The molecule has 1 aromatic rings. The second kappa shape index (κ2) is 6.06. The molecule has 1 fully saturated rings. The number of rotatable bonds is 4. The molecule has 1 aliphatic carbocycles. The lowest BCUT2D eigenvalue weighted by molar-refractivity contribution is 0.0949. The molecule has 19 heavy (non-hydrogen) atoms. The maximum absolute atomic E-state index is 12.1. The van der Waals surface area contributed by atoms with Crippen molar-refractivity contribution >= 4 is 29.3 Å². The molecule has 5 heteroatoms. The van der Waals surface area contributed by atoms with Gasteiger partial charge >= 0.3 is 0 Å². The predicted octanol–water partition coefficient (Wildman–Crippen LogP) is 3.45. The van der Waals surface area contributed by atoms with Gasteiger partial charge in [0.15, 0.2) is 0 Å². The fourth-order valence-corrected chi connectivity index (χ4v) is 3.56. The number of phenolic OH excluding ortho intramolecular Hbond substituents is 1. The fraction of sp³-hybridized carbons (Fsp3) is 0.500. The minimum Gasteiger partial charge on any atom is -0.506 e. The van der Waals surface area contributed by atoms with Crippen LogP contribution in [0.1, 0.15) is 36.0 Å². The summed E-state index contributed by atoms with van der Waals surface area (Å²) in [5.41, 5.74) is 0.483. The Morgan fingerprint density at radius 1 is 1.47 bits per heavy atom. The third kappa shape index (κ3) is 3.37. The summed E-state index contributed by atoms with van der Waals surface area (Å²) in [4.78, 5) is 12.1. The van der Waals surface area contributed by atoms with Crippen LogP contribution < -0.4 is 5.32 Å². The molecule has 2 rings (SSSR count). The van der Waals surface area contributed by atoms with Crippen molar-refractivity contribution in [3.63, 3.8) is 0 Å². The lowest BCUT2D eigenvalue weighted by Crippen LogP contribution is -2.38. The van der Waals surface area contributed by atoms with Crippen LogP contribution in [0.25, 0.3) is 0 Å². The van der Waals surface area contributed by atoms with E-state index in [1.165, 1.54) is 25.0 Å². The highest BCUT2D eigenvalue weighted by atomic mass is 35.5. The molecule has 0 aliphatic heterocycles. The van der Waals surface area contributed by atoms with Gasteiger partial charge in [0.2, 0.25) is 0 Å². The van der Waals surface area contributed by atoms with Crippen LogP contribution in [-0.2, 0) is 0 Å². The van der Waals surface area contributed by atoms with E-state index in [9.17, 15) is 9.90 Å². The molecule has 0 radical (unpaired) electrons. The number of hydrogen-bond donors (Lipinski definition) is 2. The second-order valence-electron chi connectivity index (χ2n) is 4.94. The Balaban J connectivity index is 1.99. The fourth-order valence-electron chi connectivity index (χ4n) is 2.46. The van der Waals surface area contributed by atoms with Crippen LogP contribution in [0.5, 0.6) is 5.75 Å². The van der Waals surface area contributed by atoms with E-state index < -0.39 is 0 Å². The first-order valence-electron chi connectivity index (χ1n) is 6.38. The Morgan fingerprint density at radius 3 is 2.74 bits per heavy atom. The van der Waals surface area contributed by atoms with Gasteiger partial charge in [-0.25, -0.2) is 0 Å². The Morgan fingerprint density at radius 2 is 2.16 bits per heavy atom. The normalized spacial score (nSPS) is 17.4. The molecule has 104 valence electrons. The van der Waals surface area contributed by atoms with Crippen molar-refractivity contribution < 1.29 is 9.90 Å². The van der Waals surface area contributed by atoms with Crippen molar-refractivity contribution in [1.82, 2.24) is 5.32 Å². The van der Waals surface area contributed by atoms with E-state index in [1.54, 1.807) is 6.07 Å². The molecule has 0 heterocycles. The SMILES string of the molecule is CSC1(CNC(=O)c2ccc(O)c(Cl)c2)CCCC1. The number of benzene rings is 1. The highest BCUT2D eigenvalue weighted by Gasteiger charge is 2.33. The number of aromatic hydroxyl groups is 1. The van der Waals surface area contributed by atoms with E-state index in [1.807, 2.05) is 11.8 Å². The van der Waals surface area contributed by atoms with E-state index in [0.717, 1.165) is 12.8 Å². The molecule has 0 saturated heterocycles. The second-order valence-corrected chi connectivity index (χ2v) is 6.62. The molecule has 0 unspecified atom stereocenters. The Hall–Kier alpha value is -0.870. The zero-order valence-corrected chi connectivity index (χ0v) is 12.5. The molecule has 1 amide bonds. The van der Waals surface area contributed by atoms with Gasteiger partial charge in [-0.2, -0.15) is 11.8 Å². The van der Waals surface area contributed by atoms with Crippen LogP contribution in [0.3, 0.4) is 0 Å². The summed E-state index contributed by atoms with van der Waals surface area (Å²) in [6, 6.07) is 4.51. The van der Waals surface area contributed by atoms with Gasteiger partial charge in [-0.05, 0) is 37.3 Å². The number of carbonyl (C=O) groups is 1. The number of nitrogens with one attached hydrogen (secondary N) is 1. The van der Waals surface area contributed by atoms with E-state index in [-0.39, 0.29) is 21.4 Å². The first kappa shape index (κ1) is 14.5. The summed E-state index contributed by atoms with van der Waals surface area (Å²) in [7, 11) is 0. The minimum atomic E-state index is -0.137. The van der Waals surface area contributed by atoms with Crippen LogP contribution in [0.2, 0.25) is 5.02 Å². The van der Waals surface area contributed by atoms with Crippen LogP contribution in [0, 0.1) is 0 Å². The molecule has 2 N–H and O–H groups in total. The van der Waals surface area contributed by atoms with Crippen molar-refractivity contribution in [2.24, 2.45) is 0 Å². The molecular formula is C14H18ClNO2S. The van der Waals surface area contributed by atoms with Crippen molar-refractivity contribution in [3.8, 4) is 5.75 Å². The van der Waals surface area contributed by atoms with Crippen molar-refractivity contribution in [3.05, 3.63) is 28.8 Å². The molecule has 0 spiro atoms. The van der Waals surface area contributed by atoms with E-state index in [0.29, 0.717) is 12.1 Å². The summed E-state index contributed by atoms with van der Waals surface area (Å²) in [6.45, 7) is 0.686. The van der Waals surface area contributed by atoms with Crippen LogP contribution in [0.15, 0.2) is 18.2 Å².